The number of ether oxygens (including phenoxy) is 1. The van der Waals surface area contributed by atoms with E-state index in [2.05, 4.69) is 64.6 Å². The fourth-order valence-electron chi connectivity index (χ4n) is 3.54. The van der Waals surface area contributed by atoms with Gasteiger partial charge in [0.2, 0.25) is 0 Å². The molecule has 0 saturated heterocycles. The maximum Gasteiger partial charge on any atom is 0.167 e. The van der Waals surface area contributed by atoms with Gasteiger partial charge in [-0.2, -0.15) is 0 Å². The summed E-state index contributed by atoms with van der Waals surface area (Å²) < 4.78 is 6.03. The summed E-state index contributed by atoms with van der Waals surface area (Å²) in [6.07, 6.45) is 0. The summed E-state index contributed by atoms with van der Waals surface area (Å²) in [5, 5.41) is 4.88. The summed E-state index contributed by atoms with van der Waals surface area (Å²) in [7, 11) is 0. The van der Waals surface area contributed by atoms with E-state index in [1.165, 1.54) is 21.5 Å². The molecule has 2 N–H and O–H groups in total. The molecule has 0 aliphatic rings. The molecule has 3 heteroatoms. The number of aromatic amines is 2. The summed E-state index contributed by atoms with van der Waals surface area (Å²) in [6.45, 7) is 2.66. The van der Waals surface area contributed by atoms with Crippen molar-refractivity contribution in [1.29, 1.82) is 0 Å². The Morgan fingerprint density at radius 1 is 0.739 bits per heavy atom. The normalized spacial score (nSPS) is 11.9. The van der Waals surface area contributed by atoms with Crippen molar-refractivity contribution in [1.82, 2.24) is 9.97 Å². The van der Waals surface area contributed by atoms with Gasteiger partial charge in [0.15, 0.2) is 5.75 Å². The predicted octanol–water partition coefficient (Wildman–Crippen LogP) is 5.35. The number of benzene rings is 3. The molecule has 0 spiro atoms. The Hall–Kier alpha value is -2.94. The van der Waals surface area contributed by atoms with E-state index in [1.54, 1.807) is 0 Å². The van der Waals surface area contributed by atoms with E-state index in [9.17, 15) is 0 Å². The number of aromatic nitrogens is 2. The zero-order valence-corrected chi connectivity index (χ0v) is 12.8. The number of hydrogen-bond donors (Lipinski definition) is 2. The molecular formula is C20H16N2O. The number of para-hydroxylation sites is 2. The zero-order chi connectivity index (χ0) is 15.4. The van der Waals surface area contributed by atoms with Gasteiger partial charge in [-0.15, -0.1) is 0 Å². The molecule has 0 aliphatic heterocycles. The molecule has 2 heterocycles. The van der Waals surface area contributed by atoms with E-state index in [0.29, 0.717) is 6.61 Å². The van der Waals surface area contributed by atoms with Crippen molar-refractivity contribution in [2.45, 2.75) is 6.92 Å². The van der Waals surface area contributed by atoms with Gasteiger partial charge < -0.3 is 14.7 Å². The van der Waals surface area contributed by atoms with Crippen LogP contribution >= 0.6 is 0 Å². The molecule has 0 bridgehead atoms. The van der Waals surface area contributed by atoms with Crippen molar-refractivity contribution in [2.75, 3.05) is 6.61 Å². The molecule has 0 aliphatic carbocycles. The van der Waals surface area contributed by atoms with Crippen LogP contribution in [0.3, 0.4) is 0 Å². The van der Waals surface area contributed by atoms with Crippen LogP contribution in [0.25, 0.3) is 43.6 Å². The Labute approximate surface area is 132 Å². The van der Waals surface area contributed by atoms with Crippen LogP contribution in [0.15, 0.2) is 54.6 Å². The smallest absolute Gasteiger partial charge is 0.167 e. The summed E-state index contributed by atoms with van der Waals surface area (Å²) in [5.74, 6) is 0.910. The molecule has 112 valence electrons. The second-order valence-corrected chi connectivity index (χ2v) is 5.82. The molecule has 3 aromatic carbocycles. The predicted molar refractivity (Wildman–Crippen MR) is 96.3 cm³/mol. The topological polar surface area (TPSA) is 40.8 Å². The molecule has 5 aromatic rings. The lowest BCUT2D eigenvalue weighted by atomic mass is 10.1. The van der Waals surface area contributed by atoms with E-state index in [-0.39, 0.29) is 0 Å². The van der Waals surface area contributed by atoms with Gasteiger partial charge >= 0.3 is 0 Å². The van der Waals surface area contributed by atoms with Gasteiger partial charge in [-0.05, 0) is 25.1 Å². The first-order chi connectivity index (χ1) is 11.4. The highest BCUT2D eigenvalue weighted by Gasteiger charge is 2.16. The quantitative estimate of drug-likeness (QED) is 0.453. The van der Waals surface area contributed by atoms with Crippen LogP contribution in [-0.2, 0) is 0 Å². The molecule has 0 saturated carbocycles. The highest BCUT2D eigenvalue weighted by Crippen LogP contribution is 2.40. The third kappa shape index (κ3) is 1.65. The highest BCUT2D eigenvalue weighted by atomic mass is 16.5. The molecule has 23 heavy (non-hydrogen) atoms. The van der Waals surface area contributed by atoms with Crippen LogP contribution in [0.4, 0.5) is 0 Å². The Morgan fingerprint density at radius 3 is 1.78 bits per heavy atom. The fraction of sp³-hybridized carbons (Fsp3) is 0.100. The molecule has 0 atom stereocenters. The van der Waals surface area contributed by atoms with Gasteiger partial charge in [-0.3, -0.25) is 0 Å². The average Bonchev–Trinajstić information content (AvgIpc) is 3.14. The minimum atomic E-state index is 0.638. The Morgan fingerprint density at radius 2 is 1.26 bits per heavy atom. The molecule has 0 radical (unpaired) electrons. The second kappa shape index (κ2) is 4.53. The first-order valence-electron chi connectivity index (χ1n) is 7.93. The lowest BCUT2D eigenvalue weighted by molar-refractivity contribution is 0.347. The van der Waals surface area contributed by atoms with Crippen LogP contribution < -0.4 is 4.74 Å². The molecule has 0 unspecified atom stereocenters. The molecule has 0 fully saturated rings. The second-order valence-electron chi connectivity index (χ2n) is 5.82. The maximum absolute atomic E-state index is 6.03. The van der Waals surface area contributed by atoms with E-state index < -0.39 is 0 Å². The van der Waals surface area contributed by atoms with E-state index in [4.69, 9.17) is 4.74 Å². The lowest BCUT2D eigenvalue weighted by Crippen LogP contribution is -1.93. The Balaban J connectivity index is 2.05. The van der Waals surface area contributed by atoms with Crippen molar-refractivity contribution in [3.63, 3.8) is 0 Å². The minimum absolute atomic E-state index is 0.638. The van der Waals surface area contributed by atoms with Crippen LogP contribution in [0.5, 0.6) is 5.75 Å². The van der Waals surface area contributed by atoms with Crippen LogP contribution in [0.1, 0.15) is 6.92 Å². The Kier molecular flexibility index (Phi) is 2.48. The van der Waals surface area contributed by atoms with Gasteiger partial charge in [0.25, 0.3) is 0 Å². The summed E-state index contributed by atoms with van der Waals surface area (Å²) in [5.41, 5.74) is 4.40. The molecular weight excluding hydrogens is 284 g/mol. The van der Waals surface area contributed by atoms with Crippen molar-refractivity contribution in [3.05, 3.63) is 54.6 Å². The highest BCUT2D eigenvalue weighted by molar-refractivity contribution is 6.20. The van der Waals surface area contributed by atoms with Crippen LogP contribution in [0.2, 0.25) is 0 Å². The van der Waals surface area contributed by atoms with Crippen molar-refractivity contribution < 1.29 is 4.74 Å². The Bertz CT molecular complexity index is 1090. The lowest BCUT2D eigenvalue weighted by Gasteiger charge is -2.06. The maximum atomic E-state index is 6.03. The van der Waals surface area contributed by atoms with Crippen LogP contribution in [0, 0.1) is 0 Å². The third-order valence-electron chi connectivity index (χ3n) is 4.52. The van der Waals surface area contributed by atoms with Crippen molar-refractivity contribution in [2.24, 2.45) is 0 Å². The fourth-order valence-corrected chi connectivity index (χ4v) is 3.54. The summed E-state index contributed by atoms with van der Waals surface area (Å²) in [6, 6.07) is 19.1. The molecule has 0 amide bonds. The van der Waals surface area contributed by atoms with E-state index in [0.717, 1.165) is 27.8 Å². The molecule has 5 rings (SSSR count). The third-order valence-corrected chi connectivity index (χ3v) is 4.52. The largest absolute Gasteiger partial charge is 0.489 e. The SMILES string of the molecule is CCOc1c2[nH]c3ccccc3c2cc2c1[nH]c1ccccc12. The van der Waals surface area contributed by atoms with Crippen molar-refractivity contribution >= 4 is 43.6 Å². The number of rotatable bonds is 2. The van der Waals surface area contributed by atoms with Gasteiger partial charge in [0, 0.05) is 32.6 Å². The van der Waals surface area contributed by atoms with Crippen LogP contribution in [-0.4, -0.2) is 16.6 Å². The van der Waals surface area contributed by atoms with Gasteiger partial charge in [-0.25, -0.2) is 0 Å². The number of H-pyrrole nitrogens is 2. The van der Waals surface area contributed by atoms with E-state index in [1.807, 2.05) is 6.92 Å². The monoisotopic (exact) mass is 300 g/mol. The number of nitrogens with one attached hydrogen (secondary N) is 2. The molecule has 2 aromatic heterocycles. The van der Waals surface area contributed by atoms with Gasteiger partial charge in [0.1, 0.15) is 0 Å². The standard InChI is InChI=1S/C20H16N2O/c1-2-23-20-18-14(12-7-3-5-9-16(12)21-18)11-15-13-8-4-6-10-17(13)22-19(15)20/h3-11,21-22H,2H2,1H3. The van der Waals surface area contributed by atoms with Crippen molar-refractivity contribution in [3.8, 4) is 5.75 Å². The number of fused-ring (bicyclic) bond motifs is 6. The minimum Gasteiger partial charge on any atom is -0.489 e. The number of hydrogen-bond acceptors (Lipinski definition) is 1. The van der Waals surface area contributed by atoms with Gasteiger partial charge in [-0.1, -0.05) is 36.4 Å². The average molecular weight is 300 g/mol. The van der Waals surface area contributed by atoms with Gasteiger partial charge in [0.05, 0.1) is 17.6 Å². The first-order valence-corrected chi connectivity index (χ1v) is 7.93. The van der Waals surface area contributed by atoms with E-state index >= 15 is 0 Å². The summed E-state index contributed by atoms with van der Waals surface area (Å²) >= 11 is 0. The first kappa shape index (κ1) is 12.6. The summed E-state index contributed by atoms with van der Waals surface area (Å²) in [4.78, 5) is 7.05. The molecule has 3 nitrogen and oxygen atoms in total. The zero-order valence-electron chi connectivity index (χ0n) is 12.8.